The van der Waals surface area contributed by atoms with E-state index in [9.17, 15) is 9.90 Å². The second-order valence-electron chi connectivity index (χ2n) is 3.89. The van der Waals surface area contributed by atoms with Gasteiger partial charge in [-0.2, -0.15) is 0 Å². The SMILES string of the molecule is Cc1cc(C(=O)NCCC(C)O)ccc1O. The molecule has 1 rings (SSSR count). The number of benzene rings is 1. The van der Waals surface area contributed by atoms with Gasteiger partial charge in [-0.25, -0.2) is 0 Å². The maximum Gasteiger partial charge on any atom is 0.251 e. The van der Waals surface area contributed by atoms with E-state index in [2.05, 4.69) is 5.32 Å². The quantitative estimate of drug-likeness (QED) is 0.718. The van der Waals surface area contributed by atoms with Crippen molar-refractivity contribution < 1.29 is 15.0 Å². The number of phenolic OH excluding ortho intramolecular Hbond substituents is 1. The first-order chi connectivity index (χ1) is 7.50. The zero-order valence-corrected chi connectivity index (χ0v) is 9.53. The number of carbonyl (C=O) groups excluding carboxylic acids is 1. The van der Waals surface area contributed by atoms with Gasteiger partial charge in [0.05, 0.1) is 6.10 Å². The average molecular weight is 223 g/mol. The highest BCUT2D eigenvalue weighted by molar-refractivity contribution is 5.94. The maximum absolute atomic E-state index is 11.6. The molecule has 0 aliphatic rings. The van der Waals surface area contributed by atoms with Crippen LogP contribution in [0.3, 0.4) is 0 Å². The van der Waals surface area contributed by atoms with E-state index in [0.717, 1.165) is 0 Å². The molecule has 0 radical (unpaired) electrons. The number of hydrogen-bond donors (Lipinski definition) is 3. The van der Waals surface area contributed by atoms with Crippen molar-refractivity contribution in [1.29, 1.82) is 0 Å². The Morgan fingerprint density at radius 2 is 2.19 bits per heavy atom. The van der Waals surface area contributed by atoms with Crippen molar-refractivity contribution in [3.8, 4) is 5.75 Å². The molecule has 0 saturated heterocycles. The molecular formula is C12H17NO3. The molecule has 0 aliphatic heterocycles. The van der Waals surface area contributed by atoms with Crippen LogP contribution in [0, 0.1) is 6.92 Å². The number of phenols is 1. The molecule has 4 heteroatoms. The Kier molecular flexibility index (Phi) is 4.31. The van der Waals surface area contributed by atoms with E-state index in [1.165, 1.54) is 6.07 Å². The van der Waals surface area contributed by atoms with Crippen LogP contribution in [-0.2, 0) is 0 Å². The van der Waals surface area contributed by atoms with Crippen molar-refractivity contribution in [2.75, 3.05) is 6.54 Å². The molecule has 0 aromatic heterocycles. The fourth-order valence-electron chi connectivity index (χ4n) is 1.29. The minimum Gasteiger partial charge on any atom is -0.508 e. The lowest BCUT2D eigenvalue weighted by Gasteiger charge is -2.07. The van der Waals surface area contributed by atoms with Crippen LogP contribution < -0.4 is 5.32 Å². The van der Waals surface area contributed by atoms with Crippen LogP contribution >= 0.6 is 0 Å². The highest BCUT2D eigenvalue weighted by Crippen LogP contribution is 2.16. The van der Waals surface area contributed by atoms with E-state index in [0.29, 0.717) is 24.1 Å². The van der Waals surface area contributed by atoms with Crippen molar-refractivity contribution in [3.63, 3.8) is 0 Å². The fourth-order valence-corrected chi connectivity index (χ4v) is 1.29. The van der Waals surface area contributed by atoms with Gasteiger partial charge in [-0.1, -0.05) is 0 Å². The second kappa shape index (κ2) is 5.51. The molecule has 88 valence electrons. The number of aliphatic hydroxyl groups excluding tert-OH is 1. The summed E-state index contributed by atoms with van der Waals surface area (Å²) in [5.41, 5.74) is 1.18. The highest BCUT2D eigenvalue weighted by Gasteiger charge is 2.07. The molecule has 0 saturated carbocycles. The molecule has 1 amide bonds. The van der Waals surface area contributed by atoms with Crippen LogP contribution in [0.2, 0.25) is 0 Å². The van der Waals surface area contributed by atoms with Crippen LogP contribution in [0.1, 0.15) is 29.3 Å². The monoisotopic (exact) mass is 223 g/mol. The Morgan fingerprint density at radius 1 is 1.50 bits per heavy atom. The predicted molar refractivity (Wildman–Crippen MR) is 61.5 cm³/mol. The molecule has 1 atom stereocenters. The third kappa shape index (κ3) is 3.55. The normalized spacial score (nSPS) is 12.2. The van der Waals surface area contributed by atoms with Gasteiger partial charge in [0.1, 0.15) is 5.75 Å². The van der Waals surface area contributed by atoms with Gasteiger partial charge in [0.15, 0.2) is 0 Å². The van der Waals surface area contributed by atoms with Gasteiger partial charge >= 0.3 is 0 Å². The maximum atomic E-state index is 11.6. The lowest BCUT2D eigenvalue weighted by Crippen LogP contribution is -2.26. The fraction of sp³-hybridized carbons (Fsp3) is 0.417. The largest absolute Gasteiger partial charge is 0.508 e. The molecule has 1 aromatic rings. The summed E-state index contributed by atoms with van der Waals surface area (Å²) in [6, 6.07) is 4.70. The van der Waals surface area contributed by atoms with Crippen LogP contribution in [0.15, 0.2) is 18.2 Å². The first-order valence-electron chi connectivity index (χ1n) is 5.26. The van der Waals surface area contributed by atoms with Crippen molar-refractivity contribution in [1.82, 2.24) is 5.32 Å². The number of aromatic hydroxyl groups is 1. The Labute approximate surface area is 94.9 Å². The Hall–Kier alpha value is -1.55. The minimum atomic E-state index is -0.415. The zero-order valence-electron chi connectivity index (χ0n) is 9.53. The third-order valence-corrected chi connectivity index (χ3v) is 2.31. The highest BCUT2D eigenvalue weighted by atomic mass is 16.3. The average Bonchev–Trinajstić information content (AvgIpc) is 2.21. The minimum absolute atomic E-state index is 0.181. The van der Waals surface area contributed by atoms with Crippen LogP contribution in [-0.4, -0.2) is 28.8 Å². The number of aliphatic hydroxyl groups is 1. The van der Waals surface area contributed by atoms with E-state index in [1.54, 1.807) is 26.0 Å². The van der Waals surface area contributed by atoms with Gasteiger partial charge in [0.25, 0.3) is 5.91 Å². The predicted octanol–water partition coefficient (Wildman–Crippen LogP) is 1.20. The van der Waals surface area contributed by atoms with E-state index in [4.69, 9.17) is 5.11 Å². The van der Waals surface area contributed by atoms with E-state index >= 15 is 0 Å². The standard InChI is InChI=1S/C12H17NO3/c1-8-7-10(3-4-11(8)15)12(16)13-6-5-9(2)14/h3-4,7,9,14-15H,5-6H2,1-2H3,(H,13,16). The number of aryl methyl sites for hydroxylation is 1. The molecule has 0 fully saturated rings. The smallest absolute Gasteiger partial charge is 0.251 e. The second-order valence-corrected chi connectivity index (χ2v) is 3.89. The van der Waals surface area contributed by atoms with E-state index in [-0.39, 0.29) is 11.7 Å². The van der Waals surface area contributed by atoms with Gasteiger partial charge in [-0.3, -0.25) is 4.79 Å². The Morgan fingerprint density at radius 3 is 2.75 bits per heavy atom. The lowest BCUT2D eigenvalue weighted by atomic mass is 10.1. The van der Waals surface area contributed by atoms with Crippen LogP contribution in [0.25, 0.3) is 0 Å². The zero-order chi connectivity index (χ0) is 12.1. The summed E-state index contributed by atoms with van der Waals surface area (Å²) in [5.74, 6) is -0.00993. The number of nitrogens with one attached hydrogen (secondary N) is 1. The molecule has 0 aliphatic carbocycles. The number of rotatable bonds is 4. The molecule has 4 nitrogen and oxygen atoms in total. The molecule has 1 unspecified atom stereocenters. The van der Waals surface area contributed by atoms with Gasteiger partial charge in [-0.05, 0) is 44.0 Å². The molecule has 0 heterocycles. The summed E-state index contributed by atoms with van der Waals surface area (Å²) in [6.07, 6.45) is 0.116. The topological polar surface area (TPSA) is 69.6 Å². The first-order valence-corrected chi connectivity index (χ1v) is 5.26. The molecule has 0 bridgehead atoms. The number of amides is 1. The Bertz CT molecular complexity index is 375. The number of hydrogen-bond acceptors (Lipinski definition) is 3. The van der Waals surface area contributed by atoms with Gasteiger partial charge in [-0.15, -0.1) is 0 Å². The van der Waals surface area contributed by atoms with Crippen molar-refractivity contribution in [2.45, 2.75) is 26.4 Å². The first kappa shape index (κ1) is 12.5. The molecule has 3 N–H and O–H groups in total. The van der Waals surface area contributed by atoms with Gasteiger partial charge in [0, 0.05) is 12.1 Å². The summed E-state index contributed by atoms with van der Waals surface area (Å²) in [4.78, 5) is 11.6. The molecule has 0 spiro atoms. The van der Waals surface area contributed by atoms with Crippen molar-refractivity contribution in [3.05, 3.63) is 29.3 Å². The summed E-state index contributed by atoms with van der Waals surface area (Å²) in [5, 5.41) is 21.0. The van der Waals surface area contributed by atoms with E-state index in [1.807, 2.05) is 0 Å². The molecular weight excluding hydrogens is 206 g/mol. The third-order valence-electron chi connectivity index (χ3n) is 2.31. The number of carbonyl (C=O) groups is 1. The Balaban J connectivity index is 2.56. The summed E-state index contributed by atoms with van der Waals surface area (Å²) in [7, 11) is 0. The van der Waals surface area contributed by atoms with E-state index < -0.39 is 6.10 Å². The molecule has 1 aromatic carbocycles. The van der Waals surface area contributed by atoms with Crippen LogP contribution in [0.5, 0.6) is 5.75 Å². The van der Waals surface area contributed by atoms with Gasteiger partial charge in [0.2, 0.25) is 0 Å². The summed E-state index contributed by atoms with van der Waals surface area (Å²) in [6.45, 7) is 3.86. The summed E-state index contributed by atoms with van der Waals surface area (Å²) < 4.78 is 0. The van der Waals surface area contributed by atoms with Crippen molar-refractivity contribution >= 4 is 5.91 Å². The lowest BCUT2D eigenvalue weighted by molar-refractivity contribution is 0.0945. The van der Waals surface area contributed by atoms with Crippen molar-refractivity contribution in [2.24, 2.45) is 0 Å². The van der Waals surface area contributed by atoms with Crippen LogP contribution in [0.4, 0.5) is 0 Å². The summed E-state index contributed by atoms with van der Waals surface area (Å²) >= 11 is 0. The van der Waals surface area contributed by atoms with Gasteiger partial charge < -0.3 is 15.5 Å². The molecule has 16 heavy (non-hydrogen) atoms.